The van der Waals surface area contributed by atoms with Crippen molar-refractivity contribution >= 4 is 33.6 Å². The smallest absolute Gasteiger partial charge is 0.337 e. The number of nitrogens with zero attached hydrogens (tertiary/aromatic N) is 1. The number of hydrogen-bond acceptors (Lipinski definition) is 3. The van der Waals surface area contributed by atoms with E-state index < -0.39 is 12.0 Å². The summed E-state index contributed by atoms with van der Waals surface area (Å²) in [7, 11) is 1.54. The number of methoxy groups -OCH3 is 1. The molecule has 2 N–H and O–H groups in total. The lowest BCUT2D eigenvalue weighted by molar-refractivity contribution is 0.0698. The second-order valence-corrected chi connectivity index (χ2v) is 5.07. The van der Waals surface area contributed by atoms with Gasteiger partial charge in [-0.2, -0.15) is 0 Å². The number of rotatable bonds is 7. The first-order valence-electron chi connectivity index (χ1n) is 6.18. The van der Waals surface area contributed by atoms with Gasteiger partial charge < -0.3 is 20.1 Å². The molecule has 1 aromatic carbocycles. The van der Waals surface area contributed by atoms with Crippen LogP contribution in [0.4, 0.5) is 10.5 Å². The number of urea groups is 1. The number of aromatic carboxylic acids is 1. The van der Waals surface area contributed by atoms with Crippen molar-refractivity contribution in [1.82, 2.24) is 4.90 Å². The molecular formula is C14H17BrN2O4. The van der Waals surface area contributed by atoms with E-state index in [1.165, 1.54) is 17.0 Å². The summed E-state index contributed by atoms with van der Waals surface area (Å²) < 4.78 is 5.57. The molecule has 1 rings (SSSR count). The first-order chi connectivity index (χ1) is 9.99. The monoisotopic (exact) mass is 356 g/mol. The number of benzene rings is 1. The molecule has 114 valence electrons. The van der Waals surface area contributed by atoms with Crippen molar-refractivity contribution < 1.29 is 19.4 Å². The van der Waals surface area contributed by atoms with E-state index in [0.29, 0.717) is 24.2 Å². The molecule has 21 heavy (non-hydrogen) atoms. The molecule has 1 aromatic rings. The quantitative estimate of drug-likeness (QED) is 0.736. The van der Waals surface area contributed by atoms with Crippen LogP contribution in [0.5, 0.6) is 0 Å². The molecule has 6 nitrogen and oxygen atoms in total. The normalized spacial score (nSPS) is 10.0. The predicted molar refractivity (Wildman–Crippen MR) is 83.8 cm³/mol. The van der Waals surface area contributed by atoms with E-state index in [9.17, 15) is 9.59 Å². The van der Waals surface area contributed by atoms with Gasteiger partial charge in [0.15, 0.2) is 0 Å². The van der Waals surface area contributed by atoms with E-state index in [4.69, 9.17) is 9.84 Å². The van der Waals surface area contributed by atoms with Crippen molar-refractivity contribution in [3.63, 3.8) is 0 Å². The largest absolute Gasteiger partial charge is 0.478 e. The van der Waals surface area contributed by atoms with Crippen molar-refractivity contribution in [2.45, 2.75) is 0 Å². The summed E-state index contributed by atoms with van der Waals surface area (Å²) in [5.74, 6) is -1.11. The highest BCUT2D eigenvalue weighted by Crippen LogP contribution is 2.21. The maximum atomic E-state index is 12.2. The Balaban J connectivity index is 2.90. The molecule has 0 saturated heterocycles. The molecule has 2 amide bonds. The van der Waals surface area contributed by atoms with E-state index >= 15 is 0 Å². The second-order valence-electron chi connectivity index (χ2n) is 4.15. The van der Waals surface area contributed by atoms with E-state index in [1.807, 2.05) is 0 Å². The fraction of sp³-hybridized carbons (Fsp3) is 0.286. The lowest BCUT2D eigenvalue weighted by Crippen LogP contribution is -2.37. The van der Waals surface area contributed by atoms with Gasteiger partial charge in [0, 0.05) is 24.7 Å². The minimum Gasteiger partial charge on any atom is -0.478 e. The van der Waals surface area contributed by atoms with Crippen LogP contribution in [0.25, 0.3) is 0 Å². The third kappa shape index (κ3) is 5.20. The van der Waals surface area contributed by atoms with Crippen LogP contribution in [0.2, 0.25) is 0 Å². The Bertz CT molecular complexity index is 534. The summed E-state index contributed by atoms with van der Waals surface area (Å²) in [5.41, 5.74) is 0.255. The molecule has 0 atom stereocenters. The first-order valence-corrected chi connectivity index (χ1v) is 6.97. The van der Waals surface area contributed by atoms with Crippen molar-refractivity contribution in [1.29, 1.82) is 0 Å². The maximum absolute atomic E-state index is 12.2. The van der Waals surface area contributed by atoms with E-state index in [-0.39, 0.29) is 11.3 Å². The SMILES string of the molecule is C=CCN(CCOC)C(=O)Nc1ccc(Br)cc1C(=O)O. The Morgan fingerprint density at radius 2 is 2.24 bits per heavy atom. The molecule has 0 aromatic heterocycles. The average Bonchev–Trinajstić information content (AvgIpc) is 2.45. The van der Waals surface area contributed by atoms with Gasteiger partial charge in [-0.25, -0.2) is 9.59 Å². The topological polar surface area (TPSA) is 78.9 Å². The lowest BCUT2D eigenvalue weighted by atomic mass is 10.2. The minimum absolute atomic E-state index is 0.0167. The van der Waals surface area contributed by atoms with Gasteiger partial charge in [0.1, 0.15) is 0 Å². The van der Waals surface area contributed by atoms with Crippen LogP contribution in [0.3, 0.4) is 0 Å². The van der Waals surface area contributed by atoms with Gasteiger partial charge in [0.05, 0.1) is 17.9 Å². The van der Waals surface area contributed by atoms with Crippen LogP contribution in [0.1, 0.15) is 10.4 Å². The van der Waals surface area contributed by atoms with Gasteiger partial charge in [-0.3, -0.25) is 0 Å². The Kier molecular flexibility index (Phi) is 6.90. The fourth-order valence-electron chi connectivity index (χ4n) is 1.63. The lowest BCUT2D eigenvalue weighted by Gasteiger charge is -2.21. The highest BCUT2D eigenvalue weighted by atomic mass is 79.9. The molecule has 0 aliphatic heterocycles. The molecule has 0 fully saturated rings. The van der Waals surface area contributed by atoms with Gasteiger partial charge in [-0.15, -0.1) is 6.58 Å². The molecule has 0 heterocycles. The van der Waals surface area contributed by atoms with E-state index in [1.54, 1.807) is 19.3 Å². The van der Waals surface area contributed by atoms with Crippen molar-refractivity contribution in [3.8, 4) is 0 Å². The van der Waals surface area contributed by atoms with Crippen LogP contribution in [0, 0.1) is 0 Å². The van der Waals surface area contributed by atoms with Crippen molar-refractivity contribution in [2.24, 2.45) is 0 Å². The van der Waals surface area contributed by atoms with Gasteiger partial charge in [-0.1, -0.05) is 22.0 Å². The fourth-order valence-corrected chi connectivity index (χ4v) is 1.99. The summed E-state index contributed by atoms with van der Waals surface area (Å²) >= 11 is 3.20. The summed E-state index contributed by atoms with van der Waals surface area (Å²) in [5, 5.41) is 11.8. The number of hydrogen-bond donors (Lipinski definition) is 2. The van der Waals surface area contributed by atoms with Gasteiger partial charge in [0.2, 0.25) is 0 Å². The molecule has 0 aliphatic carbocycles. The number of amides is 2. The number of carbonyl (C=O) groups is 2. The number of nitrogens with one attached hydrogen (secondary N) is 1. The Morgan fingerprint density at radius 3 is 2.81 bits per heavy atom. The summed E-state index contributed by atoms with van der Waals surface area (Å²) in [6.07, 6.45) is 1.59. The molecule has 0 unspecified atom stereocenters. The Labute approximate surface area is 131 Å². The zero-order valence-electron chi connectivity index (χ0n) is 11.6. The van der Waals surface area contributed by atoms with Gasteiger partial charge >= 0.3 is 12.0 Å². The Morgan fingerprint density at radius 1 is 1.52 bits per heavy atom. The molecular weight excluding hydrogens is 340 g/mol. The van der Waals surface area contributed by atoms with Crippen LogP contribution in [0.15, 0.2) is 35.3 Å². The molecule has 0 saturated carbocycles. The number of carboxylic acid groups (broad SMARTS) is 1. The number of carbonyl (C=O) groups excluding carboxylic acids is 1. The zero-order valence-corrected chi connectivity index (χ0v) is 13.2. The third-order valence-corrected chi connectivity index (χ3v) is 3.15. The van der Waals surface area contributed by atoms with Crippen molar-refractivity contribution in [2.75, 3.05) is 32.1 Å². The number of ether oxygens (including phenoxy) is 1. The average molecular weight is 357 g/mol. The molecule has 0 radical (unpaired) electrons. The van der Waals surface area contributed by atoms with E-state index in [0.717, 1.165) is 0 Å². The van der Waals surface area contributed by atoms with Crippen LogP contribution in [-0.4, -0.2) is 48.8 Å². The third-order valence-electron chi connectivity index (χ3n) is 2.66. The minimum atomic E-state index is -1.11. The summed E-state index contributed by atoms with van der Waals surface area (Å²) in [6, 6.07) is 4.23. The maximum Gasteiger partial charge on any atom is 0.337 e. The van der Waals surface area contributed by atoms with Crippen LogP contribution >= 0.6 is 15.9 Å². The molecule has 0 bridgehead atoms. The molecule has 7 heteroatoms. The van der Waals surface area contributed by atoms with Gasteiger partial charge in [0.25, 0.3) is 0 Å². The number of anilines is 1. The van der Waals surface area contributed by atoms with Crippen LogP contribution < -0.4 is 5.32 Å². The standard InChI is InChI=1S/C14H17BrN2O4/c1-3-6-17(7-8-21-2)14(20)16-12-5-4-10(15)9-11(12)13(18)19/h3-5,9H,1,6-8H2,2H3,(H,16,20)(H,18,19). The van der Waals surface area contributed by atoms with E-state index in [2.05, 4.69) is 27.8 Å². The first kappa shape index (κ1) is 17.2. The predicted octanol–water partition coefficient (Wildman–Crippen LogP) is 2.81. The Hall–Kier alpha value is -1.86. The summed E-state index contributed by atoms with van der Waals surface area (Å²) in [4.78, 5) is 24.9. The highest BCUT2D eigenvalue weighted by Gasteiger charge is 2.16. The number of halogens is 1. The molecule has 0 aliphatic rings. The van der Waals surface area contributed by atoms with Gasteiger partial charge in [-0.05, 0) is 18.2 Å². The number of carboxylic acids is 1. The molecule has 0 spiro atoms. The second kappa shape index (κ2) is 8.43. The van der Waals surface area contributed by atoms with Crippen molar-refractivity contribution in [3.05, 3.63) is 40.9 Å². The summed E-state index contributed by atoms with van der Waals surface area (Å²) in [6.45, 7) is 4.70. The highest BCUT2D eigenvalue weighted by molar-refractivity contribution is 9.10. The zero-order chi connectivity index (χ0) is 15.8. The van der Waals surface area contributed by atoms with Crippen LogP contribution in [-0.2, 0) is 4.74 Å².